The minimum atomic E-state index is -0.885. The second-order valence-corrected chi connectivity index (χ2v) is 5.35. The van der Waals surface area contributed by atoms with Crippen LogP contribution < -0.4 is 10.1 Å². The Balaban J connectivity index is 1.99. The number of methoxy groups -OCH3 is 1. The van der Waals surface area contributed by atoms with Gasteiger partial charge in [0.1, 0.15) is 6.04 Å². The summed E-state index contributed by atoms with van der Waals surface area (Å²) in [5, 5.41) is 13.5. The smallest absolute Gasteiger partial charge is 0.328 e. The maximum absolute atomic E-state index is 12.1. The molecule has 0 aliphatic heterocycles. The summed E-state index contributed by atoms with van der Waals surface area (Å²) in [7, 11) is 1.23. The number of amides is 1. The lowest BCUT2D eigenvalue weighted by Crippen LogP contribution is -2.44. The molecule has 0 bridgehead atoms. The zero-order valence-electron chi connectivity index (χ0n) is 14.1. The Hall–Kier alpha value is -3.42. The second kappa shape index (κ2) is 9.16. The van der Waals surface area contributed by atoms with E-state index in [2.05, 4.69) is 5.32 Å². The lowest BCUT2D eigenvalue weighted by atomic mass is 10.1. The highest BCUT2D eigenvalue weighted by Crippen LogP contribution is 2.25. The topological polar surface area (TPSA) is 108 Å². The van der Waals surface area contributed by atoms with E-state index < -0.39 is 29.4 Å². The Bertz CT molecular complexity index is 778. The summed E-state index contributed by atoms with van der Waals surface area (Å²) in [6.07, 6.45) is 0.255. The fourth-order valence-corrected chi connectivity index (χ4v) is 2.29. The van der Waals surface area contributed by atoms with Crippen LogP contribution in [-0.2, 0) is 20.7 Å². The van der Waals surface area contributed by atoms with Gasteiger partial charge < -0.3 is 14.8 Å². The molecule has 8 heteroatoms. The maximum atomic E-state index is 12.1. The number of nitrogens with zero attached hydrogens (tertiary/aromatic N) is 1. The van der Waals surface area contributed by atoms with Crippen LogP contribution in [0.4, 0.5) is 5.69 Å². The van der Waals surface area contributed by atoms with Gasteiger partial charge in [0.15, 0.2) is 12.4 Å². The number of nitro benzene ring substituents is 1. The standard InChI is InChI=1S/C18H18N2O6/c1-25-18(22)14(11-13-7-3-2-4-8-13)19-17(21)12-26-16-10-6-5-9-15(16)20(23)24/h2-10,14H,11-12H2,1H3,(H,19,21)/t14-/m0/s1. The first-order chi connectivity index (χ1) is 12.5. The van der Waals surface area contributed by atoms with Crippen molar-refractivity contribution in [1.29, 1.82) is 0 Å². The van der Waals surface area contributed by atoms with Gasteiger partial charge in [0.05, 0.1) is 12.0 Å². The molecule has 1 N–H and O–H groups in total. The predicted molar refractivity (Wildman–Crippen MR) is 92.7 cm³/mol. The van der Waals surface area contributed by atoms with Crippen molar-refractivity contribution in [2.45, 2.75) is 12.5 Å². The SMILES string of the molecule is COC(=O)[C@H](Cc1ccccc1)NC(=O)COc1ccccc1[N+](=O)[O-]. The summed E-state index contributed by atoms with van der Waals surface area (Å²) in [5.41, 5.74) is 0.608. The van der Waals surface area contributed by atoms with E-state index in [1.165, 1.54) is 25.3 Å². The molecule has 2 aromatic rings. The van der Waals surface area contributed by atoms with Crippen molar-refractivity contribution in [1.82, 2.24) is 5.32 Å². The van der Waals surface area contributed by atoms with Gasteiger partial charge in [-0.3, -0.25) is 14.9 Å². The molecule has 0 aromatic heterocycles. The normalized spacial score (nSPS) is 11.3. The number of hydrogen-bond acceptors (Lipinski definition) is 6. The molecule has 2 aromatic carbocycles. The van der Waals surface area contributed by atoms with Crippen molar-refractivity contribution >= 4 is 17.6 Å². The highest BCUT2D eigenvalue weighted by Gasteiger charge is 2.23. The molecule has 8 nitrogen and oxygen atoms in total. The van der Waals surface area contributed by atoms with Crippen LogP contribution in [0, 0.1) is 10.1 Å². The van der Waals surface area contributed by atoms with Crippen LogP contribution in [0.3, 0.4) is 0 Å². The first-order valence-electron chi connectivity index (χ1n) is 7.78. The first-order valence-corrected chi connectivity index (χ1v) is 7.78. The van der Waals surface area contributed by atoms with Gasteiger partial charge in [-0.2, -0.15) is 0 Å². The van der Waals surface area contributed by atoms with Crippen molar-refractivity contribution in [3.8, 4) is 5.75 Å². The molecule has 1 atom stereocenters. The fourth-order valence-electron chi connectivity index (χ4n) is 2.29. The van der Waals surface area contributed by atoms with Gasteiger partial charge in [-0.1, -0.05) is 42.5 Å². The number of rotatable bonds is 8. The zero-order chi connectivity index (χ0) is 18.9. The lowest BCUT2D eigenvalue weighted by Gasteiger charge is -2.17. The van der Waals surface area contributed by atoms with Crippen molar-refractivity contribution in [2.75, 3.05) is 13.7 Å². The average Bonchev–Trinajstić information content (AvgIpc) is 2.66. The van der Waals surface area contributed by atoms with Gasteiger partial charge in [-0.25, -0.2) is 4.79 Å². The lowest BCUT2D eigenvalue weighted by molar-refractivity contribution is -0.385. The largest absolute Gasteiger partial charge is 0.477 e. The summed E-state index contributed by atoms with van der Waals surface area (Å²) < 4.78 is 9.93. The number of nitro groups is 1. The van der Waals surface area contributed by atoms with Gasteiger partial charge in [0.25, 0.3) is 5.91 Å². The van der Waals surface area contributed by atoms with E-state index >= 15 is 0 Å². The third kappa shape index (κ3) is 5.30. The molecule has 0 aliphatic rings. The summed E-state index contributed by atoms with van der Waals surface area (Å²) in [6, 6.07) is 14.0. The average molecular weight is 358 g/mol. The number of ether oxygens (including phenoxy) is 2. The summed E-state index contributed by atoms with van der Waals surface area (Å²) in [5.74, 6) is -1.20. The molecule has 0 saturated carbocycles. The van der Waals surface area contributed by atoms with Crippen LogP contribution in [0.2, 0.25) is 0 Å². The Morgan fingerprint density at radius 3 is 2.42 bits per heavy atom. The highest BCUT2D eigenvalue weighted by atomic mass is 16.6. The molecule has 136 valence electrons. The molecule has 2 rings (SSSR count). The van der Waals surface area contributed by atoms with Crippen molar-refractivity contribution in [3.63, 3.8) is 0 Å². The number of carbonyl (C=O) groups excluding carboxylic acids is 2. The van der Waals surface area contributed by atoms with Crippen LogP contribution in [0.1, 0.15) is 5.56 Å². The molecular weight excluding hydrogens is 340 g/mol. The zero-order valence-corrected chi connectivity index (χ0v) is 14.1. The van der Waals surface area contributed by atoms with E-state index in [4.69, 9.17) is 9.47 Å². The van der Waals surface area contributed by atoms with Gasteiger partial charge in [0.2, 0.25) is 0 Å². The molecule has 0 saturated heterocycles. The van der Waals surface area contributed by atoms with Gasteiger partial charge in [-0.15, -0.1) is 0 Å². The van der Waals surface area contributed by atoms with E-state index in [1.54, 1.807) is 6.07 Å². The van der Waals surface area contributed by atoms with Gasteiger partial charge in [-0.05, 0) is 11.6 Å². The Morgan fingerprint density at radius 1 is 1.12 bits per heavy atom. The monoisotopic (exact) mass is 358 g/mol. The minimum absolute atomic E-state index is 0.0228. The van der Waals surface area contributed by atoms with Crippen molar-refractivity contribution in [2.24, 2.45) is 0 Å². The minimum Gasteiger partial charge on any atom is -0.477 e. The molecule has 0 heterocycles. The van der Waals surface area contributed by atoms with E-state index in [1.807, 2.05) is 30.3 Å². The Kier molecular flexibility index (Phi) is 6.67. The fraction of sp³-hybridized carbons (Fsp3) is 0.222. The van der Waals surface area contributed by atoms with Gasteiger partial charge in [0, 0.05) is 12.5 Å². The number of para-hydroxylation sites is 2. The van der Waals surface area contributed by atoms with E-state index in [0.717, 1.165) is 5.56 Å². The maximum Gasteiger partial charge on any atom is 0.328 e. The van der Waals surface area contributed by atoms with E-state index in [0.29, 0.717) is 0 Å². The Labute approximate surface area is 149 Å². The molecular formula is C18H18N2O6. The first kappa shape index (κ1) is 18.9. The van der Waals surface area contributed by atoms with Crippen LogP contribution in [0.5, 0.6) is 5.75 Å². The van der Waals surface area contributed by atoms with E-state index in [9.17, 15) is 19.7 Å². The molecule has 0 unspecified atom stereocenters. The number of carbonyl (C=O) groups is 2. The molecule has 0 fully saturated rings. The van der Waals surface area contributed by atoms with Crippen molar-refractivity contribution in [3.05, 3.63) is 70.3 Å². The van der Waals surface area contributed by atoms with Gasteiger partial charge >= 0.3 is 11.7 Å². The number of hydrogen-bond donors (Lipinski definition) is 1. The second-order valence-electron chi connectivity index (χ2n) is 5.35. The number of nitrogens with one attached hydrogen (secondary N) is 1. The summed E-state index contributed by atoms with van der Waals surface area (Å²) in [4.78, 5) is 34.3. The quantitative estimate of drug-likeness (QED) is 0.438. The van der Waals surface area contributed by atoms with Crippen LogP contribution >= 0.6 is 0 Å². The third-order valence-corrected chi connectivity index (χ3v) is 3.52. The summed E-state index contributed by atoms with van der Waals surface area (Å²) in [6.45, 7) is -0.465. The number of benzene rings is 2. The van der Waals surface area contributed by atoms with Crippen LogP contribution in [-0.4, -0.2) is 36.6 Å². The molecule has 26 heavy (non-hydrogen) atoms. The molecule has 1 amide bonds. The van der Waals surface area contributed by atoms with Crippen molar-refractivity contribution < 1.29 is 24.0 Å². The predicted octanol–water partition coefficient (Wildman–Crippen LogP) is 1.87. The van der Waals surface area contributed by atoms with E-state index in [-0.39, 0.29) is 17.9 Å². The van der Waals surface area contributed by atoms with Crippen LogP contribution in [0.15, 0.2) is 54.6 Å². The molecule has 0 radical (unpaired) electrons. The Morgan fingerprint density at radius 2 is 1.77 bits per heavy atom. The number of esters is 1. The summed E-state index contributed by atoms with van der Waals surface area (Å²) >= 11 is 0. The third-order valence-electron chi connectivity index (χ3n) is 3.52. The molecule has 0 spiro atoms. The van der Waals surface area contributed by atoms with Crippen LogP contribution in [0.25, 0.3) is 0 Å². The molecule has 0 aliphatic carbocycles. The highest BCUT2D eigenvalue weighted by molar-refractivity contribution is 5.85.